The zero-order valence-electron chi connectivity index (χ0n) is 42.4. The van der Waals surface area contributed by atoms with E-state index in [-0.39, 0.29) is 0 Å². The van der Waals surface area contributed by atoms with Gasteiger partial charge in [0, 0.05) is 11.1 Å². The quantitative estimate of drug-likeness (QED) is 0.0518. The van der Waals surface area contributed by atoms with Crippen LogP contribution in [0.1, 0.15) is 160 Å². The van der Waals surface area contributed by atoms with Crippen LogP contribution in [-0.4, -0.2) is 11.9 Å². The normalized spacial score (nSPS) is 18.0. The van der Waals surface area contributed by atoms with E-state index in [2.05, 4.69) is 62.4 Å². The summed E-state index contributed by atoms with van der Waals surface area (Å²) in [6.45, 7) is 4.57. The molecule has 4 nitrogen and oxygen atoms in total. The first kappa shape index (κ1) is 48.8. The predicted molar refractivity (Wildman–Crippen MR) is 298 cm³/mol. The number of fused-ring (bicyclic) bond motifs is 2. The zero-order valence-corrected chi connectivity index (χ0v) is 42.4. The van der Waals surface area contributed by atoms with Crippen LogP contribution < -0.4 is 9.47 Å². The minimum Gasteiger partial charge on any atom is -0.422 e. The molecular formula is C68H70O4. The van der Waals surface area contributed by atoms with Gasteiger partial charge in [-0.2, -0.15) is 0 Å². The minimum atomic E-state index is -0.465. The topological polar surface area (TPSA) is 52.6 Å². The van der Waals surface area contributed by atoms with Crippen LogP contribution in [0, 0.1) is 11.8 Å². The molecule has 0 amide bonds. The Hall–Kier alpha value is -6.78. The van der Waals surface area contributed by atoms with Crippen molar-refractivity contribution < 1.29 is 19.1 Å². The molecule has 366 valence electrons. The average Bonchev–Trinajstić information content (AvgIpc) is 3.44. The standard InChI is InChI=1S/C68H70O4/c1-3-5-7-13-47-19-23-49(24-20-47)51-27-31-53(32-28-51)55-35-39-59(40-36-55)67(69)71-63-45-43-57-15-9-11-17-61(57)65(63)66-62-18-12-10-16-58(62)44-46-64(66)72-68(70)60-41-37-56(38-42-60)54-33-29-52(30-34-54)50-25-21-48(22-26-50)14-8-6-4-2/h9-12,15-18,27-50H,3-8,13-14,19-26H2,1-2H3. The fourth-order valence-corrected chi connectivity index (χ4v) is 11.9. The summed E-state index contributed by atoms with van der Waals surface area (Å²) in [7, 11) is 0. The van der Waals surface area contributed by atoms with E-state index >= 15 is 0 Å². The van der Waals surface area contributed by atoms with Crippen molar-refractivity contribution in [3.8, 4) is 44.9 Å². The van der Waals surface area contributed by atoms with Gasteiger partial charge in [0.2, 0.25) is 0 Å². The summed E-state index contributed by atoms with van der Waals surface area (Å²) in [5.74, 6) is 2.91. The van der Waals surface area contributed by atoms with Crippen molar-refractivity contribution in [1.82, 2.24) is 0 Å². The van der Waals surface area contributed by atoms with Crippen molar-refractivity contribution in [3.05, 3.63) is 192 Å². The molecule has 0 aliphatic heterocycles. The molecule has 2 fully saturated rings. The zero-order chi connectivity index (χ0) is 49.2. The Morgan fingerprint density at radius 3 is 1.10 bits per heavy atom. The molecule has 2 aliphatic carbocycles. The molecule has 0 aromatic heterocycles. The first-order chi connectivity index (χ1) is 35.4. The van der Waals surface area contributed by atoms with Crippen molar-refractivity contribution in [2.75, 3.05) is 0 Å². The van der Waals surface area contributed by atoms with Gasteiger partial charge < -0.3 is 9.47 Å². The molecule has 8 aromatic rings. The molecule has 10 rings (SSSR count). The van der Waals surface area contributed by atoms with Crippen molar-refractivity contribution in [3.63, 3.8) is 0 Å². The monoisotopic (exact) mass is 951 g/mol. The van der Waals surface area contributed by atoms with Crippen LogP contribution in [-0.2, 0) is 0 Å². The number of esters is 2. The van der Waals surface area contributed by atoms with E-state index in [1.165, 1.54) is 114 Å². The van der Waals surface area contributed by atoms with Gasteiger partial charge in [-0.05, 0) is 166 Å². The molecule has 0 N–H and O–H groups in total. The number of rotatable bonds is 17. The van der Waals surface area contributed by atoms with Crippen LogP contribution in [0.4, 0.5) is 0 Å². The lowest BCUT2D eigenvalue weighted by Crippen LogP contribution is -2.13. The maximum absolute atomic E-state index is 14.2. The lowest BCUT2D eigenvalue weighted by atomic mass is 9.77. The number of unbranched alkanes of at least 4 members (excludes halogenated alkanes) is 4. The smallest absolute Gasteiger partial charge is 0.343 e. The third-order valence-corrected chi connectivity index (χ3v) is 16.2. The van der Waals surface area contributed by atoms with Gasteiger partial charge in [0.1, 0.15) is 11.5 Å². The lowest BCUT2D eigenvalue weighted by Gasteiger charge is -2.29. The van der Waals surface area contributed by atoms with E-state index in [9.17, 15) is 9.59 Å². The molecule has 0 spiro atoms. The van der Waals surface area contributed by atoms with Gasteiger partial charge >= 0.3 is 11.9 Å². The van der Waals surface area contributed by atoms with E-state index in [0.29, 0.717) is 45.6 Å². The Morgan fingerprint density at radius 2 is 0.736 bits per heavy atom. The second kappa shape index (κ2) is 23.2. The third-order valence-electron chi connectivity index (χ3n) is 16.2. The van der Waals surface area contributed by atoms with Crippen LogP contribution in [0.25, 0.3) is 54.9 Å². The van der Waals surface area contributed by atoms with Crippen molar-refractivity contribution in [1.29, 1.82) is 0 Å². The van der Waals surface area contributed by atoms with Gasteiger partial charge in [0.15, 0.2) is 0 Å². The molecule has 0 heterocycles. The Labute approximate surface area is 427 Å². The molecule has 4 heteroatoms. The van der Waals surface area contributed by atoms with Crippen LogP contribution >= 0.6 is 0 Å². The van der Waals surface area contributed by atoms with Gasteiger partial charge in [0.25, 0.3) is 0 Å². The fourth-order valence-electron chi connectivity index (χ4n) is 11.9. The van der Waals surface area contributed by atoms with E-state index in [4.69, 9.17) is 9.47 Å². The van der Waals surface area contributed by atoms with E-state index in [0.717, 1.165) is 55.6 Å². The molecule has 2 aliphatic rings. The number of ether oxygens (including phenoxy) is 2. The highest BCUT2D eigenvalue weighted by Crippen LogP contribution is 2.46. The molecule has 0 bridgehead atoms. The Morgan fingerprint density at radius 1 is 0.389 bits per heavy atom. The number of hydrogen-bond acceptors (Lipinski definition) is 4. The Bertz CT molecular complexity index is 2860. The number of benzene rings is 8. The first-order valence-corrected chi connectivity index (χ1v) is 27.3. The fraction of sp³-hybridized carbons (Fsp3) is 0.324. The molecular weight excluding hydrogens is 881 g/mol. The largest absolute Gasteiger partial charge is 0.422 e. The number of carbonyl (C=O) groups excluding carboxylic acids is 2. The Balaban J connectivity index is 0.854. The van der Waals surface area contributed by atoms with Crippen molar-refractivity contribution >= 4 is 33.5 Å². The van der Waals surface area contributed by atoms with Crippen LogP contribution in [0.5, 0.6) is 11.5 Å². The lowest BCUT2D eigenvalue weighted by molar-refractivity contribution is 0.0723. The maximum Gasteiger partial charge on any atom is 0.343 e. The predicted octanol–water partition coefficient (Wildman–Crippen LogP) is 19.1. The molecule has 2 saturated carbocycles. The SMILES string of the molecule is CCCCCC1CCC(c2ccc(-c3ccc(C(=O)Oc4ccc5ccccc5c4-c4c(OC(=O)c5ccc(-c6ccc(C7CCC(CCCCC)CC7)cc6)cc5)ccc5ccccc45)cc3)cc2)CC1. The molecule has 0 unspecified atom stereocenters. The van der Waals surface area contributed by atoms with Crippen LogP contribution in [0.15, 0.2) is 170 Å². The number of carbonyl (C=O) groups is 2. The number of hydrogen-bond donors (Lipinski definition) is 0. The van der Waals surface area contributed by atoms with E-state index < -0.39 is 11.9 Å². The van der Waals surface area contributed by atoms with Crippen LogP contribution in [0.2, 0.25) is 0 Å². The highest BCUT2D eigenvalue weighted by Gasteiger charge is 2.26. The molecule has 0 radical (unpaired) electrons. The second-order valence-corrected chi connectivity index (χ2v) is 20.9. The van der Waals surface area contributed by atoms with E-state index in [1.807, 2.05) is 121 Å². The minimum absolute atomic E-state index is 0.382. The Kier molecular flexibility index (Phi) is 15.7. The summed E-state index contributed by atoms with van der Waals surface area (Å²) in [6.07, 6.45) is 21.3. The summed E-state index contributed by atoms with van der Waals surface area (Å²) in [6, 6.07) is 57.2. The highest BCUT2D eigenvalue weighted by atomic mass is 16.5. The summed E-state index contributed by atoms with van der Waals surface area (Å²) in [4.78, 5) is 28.3. The summed E-state index contributed by atoms with van der Waals surface area (Å²) in [5.41, 5.74) is 9.49. The van der Waals surface area contributed by atoms with Gasteiger partial charge in [-0.15, -0.1) is 0 Å². The molecule has 72 heavy (non-hydrogen) atoms. The average molecular weight is 951 g/mol. The molecule has 0 atom stereocenters. The summed E-state index contributed by atoms with van der Waals surface area (Å²) in [5, 5.41) is 3.69. The summed E-state index contributed by atoms with van der Waals surface area (Å²) >= 11 is 0. The molecule has 0 saturated heterocycles. The first-order valence-electron chi connectivity index (χ1n) is 27.3. The van der Waals surface area contributed by atoms with Gasteiger partial charge in [-0.3, -0.25) is 0 Å². The van der Waals surface area contributed by atoms with Crippen LogP contribution in [0.3, 0.4) is 0 Å². The maximum atomic E-state index is 14.2. The summed E-state index contributed by atoms with van der Waals surface area (Å²) < 4.78 is 12.8. The highest BCUT2D eigenvalue weighted by molar-refractivity contribution is 6.11. The van der Waals surface area contributed by atoms with Gasteiger partial charge in [-0.1, -0.05) is 199 Å². The molecule has 8 aromatic carbocycles. The second-order valence-electron chi connectivity index (χ2n) is 20.9. The van der Waals surface area contributed by atoms with Crippen molar-refractivity contribution in [2.45, 2.75) is 128 Å². The van der Waals surface area contributed by atoms with E-state index in [1.54, 1.807) is 0 Å². The van der Waals surface area contributed by atoms with Gasteiger partial charge in [0.05, 0.1) is 11.1 Å². The third kappa shape index (κ3) is 11.3. The van der Waals surface area contributed by atoms with Gasteiger partial charge in [-0.25, -0.2) is 9.59 Å². The van der Waals surface area contributed by atoms with Crippen molar-refractivity contribution in [2.24, 2.45) is 11.8 Å².